The van der Waals surface area contributed by atoms with Gasteiger partial charge < -0.3 is 14.9 Å². The summed E-state index contributed by atoms with van der Waals surface area (Å²) >= 11 is 0. The number of carboxylic acid groups (broad SMARTS) is 1. The highest BCUT2D eigenvalue weighted by Gasteiger charge is 2.57. The van der Waals surface area contributed by atoms with Crippen molar-refractivity contribution in [2.24, 2.45) is 17.8 Å². The number of piperidine rings is 1. The number of nitrogens with zero attached hydrogens (tertiary/aromatic N) is 4. The number of rotatable bonds is 5. The molecule has 170 valence electrons. The third kappa shape index (κ3) is 3.55. The number of anilines is 2. The molecule has 32 heavy (non-hydrogen) atoms. The van der Waals surface area contributed by atoms with Crippen LogP contribution in [0.15, 0.2) is 24.3 Å². The number of hydrogen-bond donors (Lipinski definition) is 1. The lowest BCUT2D eigenvalue weighted by molar-refractivity contribution is -0.140. The molecule has 0 bridgehead atoms. The molecule has 1 saturated carbocycles. The highest BCUT2D eigenvalue weighted by Crippen LogP contribution is 2.55. The summed E-state index contributed by atoms with van der Waals surface area (Å²) in [6.07, 6.45) is -3.80. The van der Waals surface area contributed by atoms with Crippen molar-refractivity contribution >= 4 is 17.7 Å². The number of benzene rings is 1. The maximum absolute atomic E-state index is 14.2. The second-order valence-electron chi connectivity index (χ2n) is 8.90. The van der Waals surface area contributed by atoms with Crippen LogP contribution in [0.25, 0.3) is 11.1 Å². The normalized spacial score (nSPS) is 26.7. The first-order valence-electron chi connectivity index (χ1n) is 10.6. The van der Waals surface area contributed by atoms with E-state index in [1.165, 1.54) is 12.1 Å². The van der Waals surface area contributed by atoms with Crippen LogP contribution in [-0.2, 0) is 11.0 Å². The molecule has 3 fully saturated rings. The molecular formula is C22H22F4N4O2. The van der Waals surface area contributed by atoms with E-state index < -0.39 is 23.7 Å². The third-order valence-corrected chi connectivity index (χ3v) is 6.94. The first-order chi connectivity index (χ1) is 15.1. The van der Waals surface area contributed by atoms with Crippen LogP contribution in [0, 0.1) is 23.6 Å². The van der Waals surface area contributed by atoms with Crippen molar-refractivity contribution in [1.82, 2.24) is 9.97 Å². The number of aliphatic carboxylic acids is 1. The molecule has 0 spiro atoms. The topological polar surface area (TPSA) is 69.6 Å². The number of alkyl halides is 3. The van der Waals surface area contributed by atoms with Gasteiger partial charge in [0, 0.05) is 32.1 Å². The van der Waals surface area contributed by atoms with Gasteiger partial charge in [0.25, 0.3) is 0 Å². The van der Waals surface area contributed by atoms with E-state index in [1.54, 1.807) is 9.80 Å². The maximum Gasteiger partial charge on any atom is 0.434 e. The standard InChI is InChI=1S/C22H22F4N4O2/c1-11-6-7-30(11)21-27-19(22(24,25)26)18(12-2-4-13(23)5-3-12)20(28-21)29-9-15-14(8-17(31)32)16(15)10-29/h2-5,11,14-16H,6-10H2,1H3,(H,31,32)/t11?,14?,15-,16+. The Morgan fingerprint density at radius 2 is 1.81 bits per heavy atom. The van der Waals surface area contributed by atoms with E-state index in [0.29, 0.717) is 19.6 Å². The number of carbonyl (C=O) groups is 1. The Hall–Kier alpha value is -2.91. The second kappa shape index (κ2) is 7.31. The molecule has 0 amide bonds. The maximum atomic E-state index is 14.2. The van der Waals surface area contributed by atoms with Crippen LogP contribution in [0.1, 0.15) is 25.5 Å². The molecular weight excluding hydrogens is 428 g/mol. The summed E-state index contributed by atoms with van der Waals surface area (Å²) < 4.78 is 56.0. The van der Waals surface area contributed by atoms with Crippen LogP contribution in [0.2, 0.25) is 0 Å². The van der Waals surface area contributed by atoms with Crippen LogP contribution < -0.4 is 9.80 Å². The molecule has 3 heterocycles. The Morgan fingerprint density at radius 1 is 1.16 bits per heavy atom. The average Bonchev–Trinajstić information content (AvgIpc) is 3.14. The van der Waals surface area contributed by atoms with Crippen molar-refractivity contribution in [3.05, 3.63) is 35.8 Å². The van der Waals surface area contributed by atoms with Gasteiger partial charge in [0.05, 0.1) is 5.56 Å². The van der Waals surface area contributed by atoms with Crippen molar-refractivity contribution in [2.75, 3.05) is 29.4 Å². The highest BCUT2D eigenvalue weighted by atomic mass is 19.4. The van der Waals surface area contributed by atoms with Crippen LogP contribution >= 0.6 is 0 Å². The summed E-state index contributed by atoms with van der Waals surface area (Å²) in [7, 11) is 0. The van der Waals surface area contributed by atoms with E-state index in [9.17, 15) is 22.4 Å². The number of hydrogen-bond acceptors (Lipinski definition) is 5. The number of halogens is 4. The molecule has 1 N–H and O–H groups in total. The molecule has 10 heteroatoms. The predicted molar refractivity (Wildman–Crippen MR) is 109 cm³/mol. The molecule has 2 unspecified atom stereocenters. The first-order valence-corrected chi connectivity index (χ1v) is 10.6. The lowest BCUT2D eigenvalue weighted by Gasteiger charge is -2.39. The number of fused-ring (bicyclic) bond motifs is 1. The molecule has 1 aliphatic carbocycles. The van der Waals surface area contributed by atoms with Gasteiger partial charge in [-0.1, -0.05) is 12.1 Å². The first kappa shape index (κ1) is 21.0. The quantitative estimate of drug-likeness (QED) is 0.693. The summed E-state index contributed by atoms with van der Waals surface area (Å²) in [5.41, 5.74) is -1.00. The Balaban J connectivity index is 1.59. The monoisotopic (exact) mass is 450 g/mol. The van der Waals surface area contributed by atoms with Gasteiger partial charge in [-0.3, -0.25) is 4.79 Å². The van der Waals surface area contributed by atoms with Gasteiger partial charge in [-0.15, -0.1) is 0 Å². The predicted octanol–water partition coefficient (Wildman–Crippen LogP) is 4.06. The molecule has 2 saturated heterocycles. The van der Waals surface area contributed by atoms with Gasteiger partial charge >= 0.3 is 12.1 Å². The Morgan fingerprint density at radius 3 is 2.31 bits per heavy atom. The second-order valence-corrected chi connectivity index (χ2v) is 8.90. The van der Waals surface area contributed by atoms with Crippen LogP contribution in [0.5, 0.6) is 0 Å². The van der Waals surface area contributed by atoms with Crippen molar-refractivity contribution in [1.29, 1.82) is 0 Å². The molecule has 3 aliphatic rings. The smallest absolute Gasteiger partial charge is 0.434 e. The van der Waals surface area contributed by atoms with E-state index in [4.69, 9.17) is 5.11 Å². The molecule has 0 radical (unpaired) electrons. The van der Waals surface area contributed by atoms with E-state index >= 15 is 0 Å². The Kier molecular flexibility index (Phi) is 4.79. The van der Waals surface area contributed by atoms with Gasteiger partial charge in [0.2, 0.25) is 5.95 Å². The van der Waals surface area contributed by atoms with Crippen molar-refractivity contribution in [3.8, 4) is 11.1 Å². The highest BCUT2D eigenvalue weighted by molar-refractivity contribution is 5.80. The molecule has 5 rings (SSSR count). The minimum Gasteiger partial charge on any atom is -0.481 e. The summed E-state index contributed by atoms with van der Waals surface area (Å²) in [4.78, 5) is 23.1. The summed E-state index contributed by atoms with van der Waals surface area (Å²) in [6, 6.07) is 4.91. The van der Waals surface area contributed by atoms with Gasteiger partial charge in [-0.2, -0.15) is 18.2 Å². The SMILES string of the molecule is CC1CCN1c1nc(N2C[C@@H]3C(CC(=O)O)[C@@H]3C2)c(-c2ccc(F)cc2)c(C(F)(F)F)n1. The third-order valence-electron chi connectivity index (χ3n) is 6.94. The molecule has 4 atom stereocenters. The molecule has 2 aromatic rings. The number of carboxylic acids is 1. The fraction of sp³-hybridized carbons (Fsp3) is 0.500. The van der Waals surface area contributed by atoms with E-state index in [-0.39, 0.29) is 53.1 Å². The Labute approximate surface area is 181 Å². The lowest BCUT2D eigenvalue weighted by atomic mass is 10.0. The minimum atomic E-state index is -4.72. The molecule has 1 aromatic carbocycles. The molecule has 1 aromatic heterocycles. The van der Waals surface area contributed by atoms with Crippen molar-refractivity contribution in [2.45, 2.75) is 32.0 Å². The van der Waals surface area contributed by atoms with E-state index in [2.05, 4.69) is 9.97 Å². The van der Waals surface area contributed by atoms with Gasteiger partial charge in [-0.05, 0) is 48.8 Å². The average molecular weight is 450 g/mol. The summed E-state index contributed by atoms with van der Waals surface area (Å²) in [6.45, 7) is 3.38. The van der Waals surface area contributed by atoms with E-state index in [1.807, 2.05) is 6.92 Å². The largest absolute Gasteiger partial charge is 0.481 e. The zero-order chi connectivity index (χ0) is 22.8. The van der Waals surface area contributed by atoms with Crippen molar-refractivity contribution in [3.63, 3.8) is 0 Å². The number of aromatic nitrogens is 2. The van der Waals surface area contributed by atoms with Gasteiger partial charge in [-0.25, -0.2) is 9.37 Å². The lowest BCUT2D eigenvalue weighted by Crippen LogP contribution is -2.47. The molecule has 6 nitrogen and oxygen atoms in total. The van der Waals surface area contributed by atoms with Gasteiger partial charge in [0.15, 0.2) is 5.69 Å². The van der Waals surface area contributed by atoms with Crippen molar-refractivity contribution < 1.29 is 27.5 Å². The fourth-order valence-corrected chi connectivity index (χ4v) is 5.02. The van der Waals surface area contributed by atoms with Crippen LogP contribution in [0.3, 0.4) is 0 Å². The fourth-order valence-electron chi connectivity index (χ4n) is 5.02. The van der Waals surface area contributed by atoms with Crippen LogP contribution in [-0.4, -0.2) is 46.7 Å². The summed E-state index contributed by atoms with van der Waals surface area (Å²) in [5.74, 6) is -0.885. The Bertz CT molecular complexity index is 1050. The zero-order valence-corrected chi connectivity index (χ0v) is 17.3. The minimum absolute atomic E-state index is 0.0413. The van der Waals surface area contributed by atoms with E-state index in [0.717, 1.165) is 18.6 Å². The zero-order valence-electron chi connectivity index (χ0n) is 17.3. The molecule has 2 aliphatic heterocycles. The summed E-state index contributed by atoms with van der Waals surface area (Å²) in [5, 5.41) is 9.06. The van der Waals surface area contributed by atoms with Gasteiger partial charge in [0.1, 0.15) is 11.6 Å². The van der Waals surface area contributed by atoms with Crippen LogP contribution in [0.4, 0.5) is 29.3 Å².